The molecule has 0 saturated carbocycles. The second-order valence-electron chi connectivity index (χ2n) is 6.97. The van der Waals surface area contributed by atoms with Crippen molar-refractivity contribution in [3.8, 4) is 23.0 Å². The average Bonchev–Trinajstić information content (AvgIpc) is 2.74. The Balaban J connectivity index is 1.78. The standard InChI is InChI=1S/C22H20F2N4O3/c1-28-12-15(5-6-20(28)29)18-11-19-25-7-3-2-4-8-30-13-14-9-16(23)21(17(24)10-14)31-22(26-18)27-19/h2-3,5-6,9-12H,4,7-8,13H2,1H3,(H,25,26,27)/b3-2-. The SMILES string of the molecule is Cn1cc(-c2cc3nc(n2)Oc2c(F)cc(cc2F)COCC/C=C\CN3)ccc1=O. The van der Waals surface area contributed by atoms with E-state index in [0.29, 0.717) is 42.2 Å². The van der Waals surface area contributed by atoms with E-state index in [1.54, 1.807) is 25.4 Å². The molecule has 7 nitrogen and oxygen atoms in total. The van der Waals surface area contributed by atoms with Crippen LogP contribution in [0.2, 0.25) is 0 Å². The van der Waals surface area contributed by atoms with Crippen LogP contribution in [-0.2, 0) is 18.4 Å². The Bertz CT molecular complexity index is 1170. The lowest BCUT2D eigenvalue weighted by atomic mass is 10.2. The van der Waals surface area contributed by atoms with Gasteiger partial charge in [0, 0.05) is 37.5 Å². The van der Waals surface area contributed by atoms with Crippen molar-refractivity contribution in [2.75, 3.05) is 18.5 Å². The van der Waals surface area contributed by atoms with Crippen LogP contribution in [0.25, 0.3) is 11.3 Å². The molecule has 2 aromatic heterocycles. The molecular formula is C22H20F2N4O3. The number of hydrogen-bond donors (Lipinski definition) is 1. The van der Waals surface area contributed by atoms with Crippen molar-refractivity contribution in [2.45, 2.75) is 13.0 Å². The van der Waals surface area contributed by atoms with Crippen molar-refractivity contribution < 1.29 is 18.3 Å². The van der Waals surface area contributed by atoms with Crippen LogP contribution in [0, 0.1) is 11.6 Å². The molecule has 4 bridgehead atoms. The summed E-state index contributed by atoms with van der Waals surface area (Å²) in [7, 11) is 1.62. The quantitative estimate of drug-likeness (QED) is 0.597. The highest BCUT2D eigenvalue weighted by atomic mass is 19.1. The predicted molar refractivity (Wildman–Crippen MR) is 111 cm³/mol. The van der Waals surface area contributed by atoms with Gasteiger partial charge in [0.05, 0.1) is 18.9 Å². The van der Waals surface area contributed by atoms with E-state index in [-0.39, 0.29) is 18.2 Å². The minimum absolute atomic E-state index is 0.0864. The summed E-state index contributed by atoms with van der Waals surface area (Å²) in [6, 6.07) is 6.79. The van der Waals surface area contributed by atoms with E-state index in [2.05, 4.69) is 15.3 Å². The number of aromatic nitrogens is 3. The Hall–Kier alpha value is -3.59. The lowest BCUT2D eigenvalue weighted by Gasteiger charge is -2.12. The Morgan fingerprint density at radius 3 is 2.68 bits per heavy atom. The fraction of sp³-hybridized carbons (Fsp3) is 0.227. The lowest BCUT2D eigenvalue weighted by Crippen LogP contribution is -2.14. The van der Waals surface area contributed by atoms with Crippen molar-refractivity contribution in [1.29, 1.82) is 0 Å². The summed E-state index contributed by atoms with van der Waals surface area (Å²) < 4.78 is 41.4. The van der Waals surface area contributed by atoms with Gasteiger partial charge in [-0.25, -0.2) is 8.78 Å². The number of pyridine rings is 1. The zero-order chi connectivity index (χ0) is 21.8. The van der Waals surface area contributed by atoms with Crippen LogP contribution in [0.5, 0.6) is 11.8 Å². The number of nitrogens with zero attached hydrogens (tertiary/aromatic N) is 3. The van der Waals surface area contributed by atoms with Gasteiger partial charge in [-0.2, -0.15) is 9.97 Å². The highest BCUT2D eigenvalue weighted by molar-refractivity contribution is 5.62. The summed E-state index contributed by atoms with van der Waals surface area (Å²) in [6.07, 6.45) is 6.14. The first-order chi connectivity index (χ1) is 15.0. The Morgan fingerprint density at radius 2 is 1.90 bits per heavy atom. The molecule has 1 N–H and O–H groups in total. The Morgan fingerprint density at radius 1 is 1.10 bits per heavy atom. The molecule has 4 heterocycles. The number of aryl methyl sites for hydroxylation is 1. The Kier molecular flexibility index (Phi) is 6.03. The smallest absolute Gasteiger partial charge is 0.324 e. The Labute approximate surface area is 177 Å². The van der Waals surface area contributed by atoms with Crippen molar-refractivity contribution in [2.24, 2.45) is 7.05 Å². The molecule has 0 unspecified atom stereocenters. The van der Waals surface area contributed by atoms with E-state index in [1.165, 1.54) is 10.6 Å². The van der Waals surface area contributed by atoms with Crippen molar-refractivity contribution in [3.63, 3.8) is 0 Å². The average molecular weight is 426 g/mol. The summed E-state index contributed by atoms with van der Waals surface area (Å²) in [5, 5.41) is 3.11. The second-order valence-corrected chi connectivity index (χ2v) is 6.97. The normalized spacial score (nSPS) is 15.2. The molecule has 0 amide bonds. The van der Waals surface area contributed by atoms with Gasteiger partial charge in [-0.3, -0.25) is 4.79 Å². The van der Waals surface area contributed by atoms with Crippen LogP contribution in [-0.4, -0.2) is 27.7 Å². The molecule has 0 spiro atoms. The minimum atomic E-state index is -0.879. The van der Waals surface area contributed by atoms with E-state index in [9.17, 15) is 13.6 Å². The first-order valence-corrected chi connectivity index (χ1v) is 9.68. The fourth-order valence-electron chi connectivity index (χ4n) is 3.05. The zero-order valence-corrected chi connectivity index (χ0v) is 16.8. The fourth-order valence-corrected chi connectivity index (χ4v) is 3.05. The largest absolute Gasteiger partial charge is 0.418 e. The maximum Gasteiger partial charge on any atom is 0.324 e. The highest BCUT2D eigenvalue weighted by Crippen LogP contribution is 2.29. The number of nitrogens with one attached hydrogen (secondary N) is 1. The molecule has 0 atom stereocenters. The van der Waals surface area contributed by atoms with E-state index < -0.39 is 17.4 Å². The van der Waals surface area contributed by atoms with E-state index in [1.807, 2.05) is 12.2 Å². The van der Waals surface area contributed by atoms with Gasteiger partial charge in [0.1, 0.15) is 5.82 Å². The number of benzene rings is 1. The van der Waals surface area contributed by atoms with Crippen LogP contribution < -0.4 is 15.6 Å². The van der Waals surface area contributed by atoms with Crippen LogP contribution >= 0.6 is 0 Å². The van der Waals surface area contributed by atoms with Crippen LogP contribution in [0.4, 0.5) is 14.6 Å². The van der Waals surface area contributed by atoms with E-state index in [4.69, 9.17) is 9.47 Å². The topological polar surface area (TPSA) is 78.3 Å². The number of ether oxygens (including phenoxy) is 2. The third-order valence-electron chi connectivity index (χ3n) is 4.60. The van der Waals surface area contributed by atoms with Gasteiger partial charge in [0.25, 0.3) is 0 Å². The van der Waals surface area contributed by atoms with Crippen LogP contribution in [0.15, 0.2) is 53.5 Å². The molecule has 160 valence electrons. The van der Waals surface area contributed by atoms with Crippen LogP contribution in [0.3, 0.4) is 0 Å². The summed E-state index contributed by atoms with van der Waals surface area (Å²) in [5.41, 5.74) is 1.24. The molecule has 9 heteroatoms. The molecule has 0 saturated heterocycles. The van der Waals surface area contributed by atoms with Gasteiger partial charge in [-0.15, -0.1) is 0 Å². The minimum Gasteiger partial charge on any atom is -0.418 e. The third-order valence-corrected chi connectivity index (χ3v) is 4.60. The molecular weight excluding hydrogens is 406 g/mol. The maximum atomic E-state index is 14.5. The molecule has 1 aromatic carbocycles. The predicted octanol–water partition coefficient (Wildman–Crippen LogP) is 3.80. The summed E-state index contributed by atoms with van der Waals surface area (Å²) >= 11 is 0. The van der Waals surface area contributed by atoms with Gasteiger partial charge in [-0.05, 0) is 30.2 Å². The first-order valence-electron chi connectivity index (χ1n) is 9.68. The van der Waals surface area contributed by atoms with Gasteiger partial charge in [-0.1, -0.05) is 12.2 Å². The third kappa shape index (κ3) is 4.95. The number of rotatable bonds is 1. The number of anilines is 1. The van der Waals surface area contributed by atoms with E-state index >= 15 is 0 Å². The second kappa shape index (κ2) is 9.05. The lowest BCUT2D eigenvalue weighted by molar-refractivity contribution is 0.125. The summed E-state index contributed by atoms with van der Waals surface area (Å²) in [6.45, 7) is 0.981. The molecule has 0 radical (unpaired) electrons. The molecule has 2 aliphatic rings. The van der Waals surface area contributed by atoms with Crippen LogP contribution in [0.1, 0.15) is 12.0 Å². The van der Waals surface area contributed by atoms with Crippen molar-refractivity contribution in [1.82, 2.24) is 14.5 Å². The maximum absolute atomic E-state index is 14.5. The molecule has 3 aromatic rings. The number of fused-ring (bicyclic) bond motifs is 8. The zero-order valence-electron chi connectivity index (χ0n) is 16.8. The van der Waals surface area contributed by atoms with Gasteiger partial charge >= 0.3 is 6.01 Å². The van der Waals surface area contributed by atoms with Gasteiger partial charge in [0.15, 0.2) is 11.6 Å². The molecule has 31 heavy (non-hydrogen) atoms. The number of halogens is 2. The van der Waals surface area contributed by atoms with Crippen molar-refractivity contribution >= 4 is 5.82 Å². The molecule has 2 aliphatic heterocycles. The summed E-state index contributed by atoms with van der Waals surface area (Å²) in [5.74, 6) is -1.95. The monoisotopic (exact) mass is 426 g/mol. The number of hydrogen-bond acceptors (Lipinski definition) is 6. The highest BCUT2D eigenvalue weighted by Gasteiger charge is 2.17. The van der Waals surface area contributed by atoms with Gasteiger partial charge < -0.3 is 19.4 Å². The van der Waals surface area contributed by atoms with Crippen molar-refractivity contribution in [3.05, 3.63) is 76.2 Å². The molecule has 0 fully saturated rings. The summed E-state index contributed by atoms with van der Waals surface area (Å²) in [4.78, 5) is 20.2. The first kappa shape index (κ1) is 20.7. The molecule has 5 rings (SSSR count). The van der Waals surface area contributed by atoms with E-state index in [0.717, 1.165) is 12.1 Å². The van der Waals surface area contributed by atoms with Gasteiger partial charge in [0.2, 0.25) is 11.3 Å². The molecule has 0 aliphatic carbocycles.